The van der Waals surface area contributed by atoms with E-state index in [1.54, 1.807) is 0 Å². The summed E-state index contributed by atoms with van der Waals surface area (Å²) in [5, 5.41) is 8.78. The number of aromatic amines is 1. The number of hydrogen-bond donors (Lipinski definition) is 1. The predicted molar refractivity (Wildman–Crippen MR) is 122 cm³/mol. The topological polar surface area (TPSA) is 47.8 Å². The molecule has 0 radical (unpaired) electrons. The maximum Gasteiger partial charge on any atom is 0.195 e. The molecule has 0 amide bonds. The molecule has 1 saturated heterocycles. The van der Waals surface area contributed by atoms with Crippen LogP contribution in [0.5, 0.6) is 0 Å². The van der Waals surface area contributed by atoms with Crippen LogP contribution in [0.4, 0.5) is 0 Å². The summed E-state index contributed by atoms with van der Waals surface area (Å²) in [5.41, 5.74) is 6.23. The molecule has 154 valence electrons. The zero-order valence-electron chi connectivity index (χ0n) is 17.4. The van der Waals surface area contributed by atoms with E-state index in [9.17, 15) is 0 Å². The number of aryl methyl sites for hydroxylation is 1. The minimum atomic E-state index is 0.215. The number of hydrogen-bond acceptors (Lipinski definition) is 3. The minimum Gasteiger partial charge on any atom is -0.376 e. The molecule has 1 aliphatic heterocycles. The molecular formula is C24H26N4OS. The molecule has 0 aliphatic carbocycles. The normalized spacial score (nSPS) is 16.5. The second-order valence-electron chi connectivity index (χ2n) is 8.11. The van der Waals surface area contributed by atoms with Crippen LogP contribution in [0.2, 0.25) is 0 Å². The monoisotopic (exact) mass is 418 g/mol. The fourth-order valence-electron chi connectivity index (χ4n) is 4.46. The Kier molecular flexibility index (Phi) is 5.05. The van der Waals surface area contributed by atoms with Crippen molar-refractivity contribution in [1.29, 1.82) is 0 Å². The van der Waals surface area contributed by atoms with Crippen molar-refractivity contribution in [2.24, 2.45) is 0 Å². The van der Waals surface area contributed by atoms with Crippen LogP contribution < -0.4 is 0 Å². The van der Waals surface area contributed by atoms with Crippen molar-refractivity contribution in [3.05, 3.63) is 70.1 Å². The summed E-state index contributed by atoms with van der Waals surface area (Å²) < 4.78 is 10.9. The molecular weight excluding hydrogens is 392 g/mol. The van der Waals surface area contributed by atoms with Gasteiger partial charge in [-0.2, -0.15) is 5.10 Å². The number of rotatable bonds is 5. The van der Waals surface area contributed by atoms with Crippen LogP contribution in [0.3, 0.4) is 0 Å². The maximum atomic E-state index is 5.83. The van der Waals surface area contributed by atoms with Gasteiger partial charge in [0.05, 0.1) is 12.6 Å². The lowest BCUT2D eigenvalue weighted by atomic mass is 10.1. The number of ether oxygens (including phenoxy) is 1. The van der Waals surface area contributed by atoms with Gasteiger partial charge < -0.3 is 9.30 Å². The average Bonchev–Trinajstić information content (AvgIpc) is 3.47. The lowest BCUT2D eigenvalue weighted by Gasteiger charge is -2.12. The summed E-state index contributed by atoms with van der Waals surface area (Å²) in [5.74, 6) is 0.880. The number of benzene rings is 2. The predicted octanol–water partition coefficient (Wildman–Crippen LogP) is 5.41. The van der Waals surface area contributed by atoms with Crippen molar-refractivity contribution in [3.8, 4) is 11.4 Å². The molecule has 5 rings (SSSR count). The van der Waals surface area contributed by atoms with E-state index in [1.807, 2.05) is 0 Å². The van der Waals surface area contributed by atoms with Crippen LogP contribution >= 0.6 is 12.2 Å². The van der Waals surface area contributed by atoms with E-state index >= 15 is 0 Å². The molecule has 4 aromatic rings. The van der Waals surface area contributed by atoms with Crippen molar-refractivity contribution in [3.63, 3.8) is 0 Å². The van der Waals surface area contributed by atoms with Gasteiger partial charge in [0.2, 0.25) is 0 Å². The lowest BCUT2D eigenvalue weighted by molar-refractivity contribution is 0.0970. The zero-order valence-corrected chi connectivity index (χ0v) is 18.2. The largest absolute Gasteiger partial charge is 0.376 e. The number of aromatic nitrogens is 4. The first-order chi connectivity index (χ1) is 14.6. The highest BCUT2D eigenvalue weighted by Gasteiger charge is 2.20. The number of nitrogens with zero attached hydrogens (tertiary/aromatic N) is 3. The summed E-state index contributed by atoms with van der Waals surface area (Å²) >= 11 is 5.51. The Balaban J connectivity index is 1.55. The van der Waals surface area contributed by atoms with E-state index in [4.69, 9.17) is 17.0 Å². The van der Waals surface area contributed by atoms with Gasteiger partial charge in [0.1, 0.15) is 0 Å². The van der Waals surface area contributed by atoms with E-state index in [0.29, 0.717) is 4.77 Å². The Morgan fingerprint density at radius 2 is 1.97 bits per heavy atom. The molecule has 0 saturated carbocycles. The quantitative estimate of drug-likeness (QED) is 0.441. The first-order valence-corrected chi connectivity index (χ1v) is 10.9. The third kappa shape index (κ3) is 3.40. The Morgan fingerprint density at radius 3 is 2.73 bits per heavy atom. The van der Waals surface area contributed by atoms with Gasteiger partial charge in [-0.3, -0.25) is 9.67 Å². The molecule has 6 heteroatoms. The molecule has 1 atom stereocenters. The summed E-state index contributed by atoms with van der Waals surface area (Å²) in [6, 6.07) is 17.2. The molecule has 1 fully saturated rings. The van der Waals surface area contributed by atoms with Gasteiger partial charge in [-0.15, -0.1) is 0 Å². The molecule has 2 aromatic heterocycles. The van der Waals surface area contributed by atoms with E-state index in [1.165, 1.54) is 27.7 Å². The Morgan fingerprint density at radius 1 is 1.13 bits per heavy atom. The third-order valence-corrected chi connectivity index (χ3v) is 6.56. The summed E-state index contributed by atoms with van der Waals surface area (Å²) in [6.45, 7) is 6.85. The summed E-state index contributed by atoms with van der Waals surface area (Å²) in [6.07, 6.45) is 2.41. The van der Waals surface area contributed by atoms with Gasteiger partial charge in [0.25, 0.3) is 0 Å². The molecule has 2 aromatic carbocycles. The molecule has 1 aliphatic rings. The van der Waals surface area contributed by atoms with Gasteiger partial charge >= 0.3 is 0 Å². The van der Waals surface area contributed by atoms with Gasteiger partial charge in [-0.1, -0.05) is 30.3 Å². The van der Waals surface area contributed by atoms with Crippen molar-refractivity contribution in [2.75, 3.05) is 6.61 Å². The zero-order chi connectivity index (χ0) is 20.7. The number of H-pyrrole nitrogens is 1. The van der Waals surface area contributed by atoms with E-state index in [-0.39, 0.29) is 6.10 Å². The number of fused-ring (bicyclic) bond motifs is 1. The van der Waals surface area contributed by atoms with Crippen molar-refractivity contribution in [1.82, 2.24) is 19.3 Å². The van der Waals surface area contributed by atoms with Crippen LogP contribution in [0, 0.1) is 18.6 Å². The van der Waals surface area contributed by atoms with Crippen LogP contribution in [0.1, 0.15) is 29.7 Å². The van der Waals surface area contributed by atoms with Crippen LogP contribution in [-0.2, 0) is 17.8 Å². The smallest absolute Gasteiger partial charge is 0.195 e. The fraction of sp³-hybridized carbons (Fsp3) is 0.333. The summed E-state index contributed by atoms with van der Waals surface area (Å²) in [7, 11) is 0. The van der Waals surface area contributed by atoms with Crippen LogP contribution in [-0.4, -0.2) is 32.0 Å². The molecule has 0 unspecified atom stereocenters. The van der Waals surface area contributed by atoms with E-state index < -0.39 is 0 Å². The van der Waals surface area contributed by atoms with Crippen LogP contribution in [0.25, 0.3) is 22.3 Å². The molecule has 0 spiro atoms. The Bertz CT molecular complexity index is 1250. The second-order valence-corrected chi connectivity index (χ2v) is 8.50. The third-order valence-electron chi connectivity index (χ3n) is 6.25. The van der Waals surface area contributed by atoms with Crippen molar-refractivity contribution in [2.45, 2.75) is 45.9 Å². The highest BCUT2D eigenvalue weighted by molar-refractivity contribution is 7.71. The highest BCUT2D eigenvalue weighted by Crippen LogP contribution is 2.30. The minimum absolute atomic E-state index is 0.215. The fourth-order valence-corrected chi connectivity index (χ4v) is 4.66. The van der Waals surface area contributed by atoms with Gasteiger partial charge in [0.15, 0.2) is 10.6 Å². The lowest BCUT2D eigenvalue weighted by Crippen LogP contribution is -2.16. The Labute approximate surface area is 181 Å². The first-order valence-electron chi connectivity index (χ1n) is 10.5. The standard InChI is InChI=1S/C24H26N4OS/c1-16-17(2)27(14-18-7-4-3-5-8-18)22-11-10-19(13-21(16)22)23-25-26-24(30)28(23)15-20-9-6-12-29-20/h3-5,7-8,10-11,13,20H,6,9,12,14-15H2,1-2H3,(H,26,30)/t20-/m1/s1. The molecule has 1 N–H and O–H groups in total. The molecule has 30 heavy (non-hydrogen) atoms. The molecule has 5 nitrogen and oxygen atoms in total. The second kappa shape index (κ2) is 7.85. The maximum absolute atomic E-state index is 5.83. The number of nitrogens with one attached hydrogen (secondary N) is 1. The molecule has 0 bridgehead atoms. The van der Waals surface area contributed by atoms with Gasteiger partial charge in [-0.05, 0) is 68.2 Å². The SMILES string of the molecule is Cc1c(C)n(Cc2ccccc2)c2ccc(-c3n[nH]c(=S)n3C[C@H]3CCCO3)cc12. The van der Waals surface area contributed by atoms with Gasteiger partial charge in [-0.25, -0.2) is 0 Å². The van der Waals surface area contributed by atoms with Gasteiger partial charge in [0, 0.05) is 35.3 Å². The Hall–Kier alpha value is -2.70. The summed E-state index contributed by atoms with van der Waals surface area (Å²) in [4.78, 5) is 0. The highest BCUT2D eigenvalue weighted by atomic mass is 32.1. The van der Waals surface area contributed by atoms with Crippen molar-refractivity contribution < 1.29 is 4.74 Å². The first kappa shape index (κ1) is 19.3. The van der Waals surface area contributed by atoms with Crippen LogP contribution in [0.15, 0.2) is 48.5 Å². The van der Waals surface area contributed by atoms with Crippen molar-refractivity contribution >= 4 is 23.1 Å². The van der Waals surface area contributed by atoms with E-state index in [2.05, 4.69) is 81.7 Å². The average molecular weight is 419 g/mol. The molecule has 3 heterocycles. The van der Waals surface area contributed by atoms with E-state index in [0.717, 1.165) is 43.9 Å².